The molecule has 0 aliphatic heterocycles. The molecule has 7 nitrogen and oxygen atoms in total. The normalized spacial score (nSPS) is 10.6. The van der Waals surface area contributed by atoms with Crippen LogP contribution >= 0.6 is 0 Å². The van der Waals surface area contributed by atoms with E-state index < -0.39 is 5.97 Å². The van der Waals surface area contributed by atoms with E-state index in [0.717, 1.165) is 0 Å². The van der Waals surface area contributed by atoms with Crippen molar-refractivity contribution in [2.75, 3.05) is 7.11 Å². The monoisotopic (exact) mass is 329 g/mol. The molecule has 0 saturated carbocycles. The number of rotatable bonds is 6. The molecule has 0 spiro atoms. The molecule has 0 aliphatic rings. The molecule has 3 rings (SSSR count). The minimum Gasteiger partial charge on any atom is -0.493 e. The topological polar surface area (TPSA) is 94.9 Å². The quantitative estimate of drug-likeness (QED) is 0.739. The average molecular weight is 329 g/mol. The number of carboxylic acid groups (broad SMARTS) is 1. The van der Waals surface area contributed by atoms with E-state index in [0.29, 0.717) is 34.6 Å². The Morgan fingerprint density at radius 3 is 2.79 bits per heavy atom. The molecule has 0 saturated heterocycles. The number of aryl methyl sites for hydroxylation is 1. The van der Waals surface area contributed by atoms with Crippen molar-refractivity contribution in [1.29, 1.82) is 0 Å². The molecule has 0 bridgehead atoms. The van der Waals surface area contributed by atoms with E-state index >= 15 is 0 Å². The number of benzene rings is 1. The lowest BCUT2D eigenvalue weighted by Crippen LogP contribution is -2.02. The Morgan fingerprint density at radius 2 is 2.12 bits per heavy atom. The molecule has 0 unspecified atom stereocenters. The van der Waals surface area contributed by atoms with Crippen molar-refractivity contribution in [1.82, 2.24) is 4.98 Å². The number of carbonyl (C=O) groups is 1. The Hall–Kier alpha value is -3.22. The van der Waals surface area contributed by atoms with Crippen molar-refractivity contribution < 1.29 is 28.2 Å². The standard InChI is InChI=1S/C17H15NO6/c1-10-12(18-16(24-10)14-4-3-7-22-14)9-23-13-6-5-11(17(19)20)8-15(13)21-2/h3-8H,9H2,1-2H3,(H,19,20). The number of nitrogens with zero attached hydrogens (tertiary/aromatic N) is 1. The van der Waals surface area contributed by atoms with Crippen LogP contribution in [0, 0.1) is 6.92 Å². The first-order chi connectivity index (χ1) is 11.6. The number of carboxylic acids is 1. The number of ether oxygens (including phenoxy) is 2. The van der Waals surface area contributed by atoms with Gasteiger partial charge in [-0.2, -0.15) is 0 Å². The van der Waals surface area contributed by atoms with E-state index in [-0.39, 0.29) is 12.2 Å². The smallest absolute Gasteiger partial charge is 0.335 e. The van der Waals surface area contributed by atoms with Crippen LogP contribution in [0.15, 0.2) is 45.4 Å². The number of hydrogen-bond donors (Lipinski definition) is 1. The molecule has 0 aliphatic carbocycles. The Balaban J connectivity index is 1.77. The van der Waals surface area contributed by atoms with Crippen LogP contribution in [0.4, 0.5) is 0 Å². The van der Waals surface area contributed by atoms with Crippen LogP contribution < -0.4 is 9.47 Å². The van der Waals surface area contributed by atoms with E-state index in [4.69, 9.17) is 23.4 Å². The van der Waals surface area contributed by atoms with Gasteiger partial charge in [-0.25, -0.2) is 9.78 Å². The van der Waals surface area contributed by atoms with Crippen LogP contribution in [0.3, 0.4) is 0 Å². The maximum absolute atomic E-state index is 11.0. The molecule has 124 valence electrons. The molecule has 0 amide bonds. The van der Waals surface area contributed by atoms with Crippen LogP contribution in [-0.2, 0) is 6.61 Å². The number of furan rings is 1. The van der Waals surface area contributed by atoms with Crippen LogP contribution in [0.2, 0.25) is 0 Å². The van der Waals surface area contributed by atoms with Gasteiger partial charge in [0.1, 0.15) is 18.1 Å². The van der Waals surface area contributed by atoms with Crippen molar-refractivity contribution in [3.63, 3.8) is 0 Å². The van der Waals surface area contributed by atoms with Gasteiger partial charge in [-0.05, 0) is 37.3 Å². The minimum absolute atomic E-state index is 0.122. The first-order valence-corrected chi connectivity index (χ1v) is 7.13. The number of oxazole rings is 1. The zero-order chi connectivity index (χ0) is 17.1. The first-order valence-electron chi connectivity index (χ1n) is 7.13. The highest BCUT2D eigenvalue weighted by molar-refractivity contribution is 5.88. The summed E-state index contributed by atoms with van der Waals surface area (Å²) in [6, 6.07) is 7.90. The zero-order valence-corrected chi connectivity index (χ0v) is 13.1. The summed E-state index contributed by atoms with van der Waals surface area (Å²) in [5, 5.41) is 9.01. The maximum atomic E-state index is 11.0. The highest BCUT2D eigenvalue weighted by Gasteiger charge is 2.15. The first kappa shape index (κ1) is 15.7. The fraction of sp³-hybridized carbons (Fsp3) is 0.176. The third-order valence-corrected chi connectivity index (χ3v) is 3.40. The lowest BCUT2D eigenvalue weighted by atomic mass is 10.2. The van der Waals surface area contributed by atoms with Gasteiger partial charge in [-0.1, -0.05) is 0 Å². The third-order valence-electron chi connectivity index (χ3n) is 3.40. The average Bonchev–Trinajstić information content (AvgIpc) is 3.22. The summed E-state index contributed by atoms with van der Waals surface area (Å²) in [5.41, 5.74) is 0.739. The Kier molecular flexibility index (Phi) is 4.24. The zero-order valence-electron chi connectivity index (χ0n) is 13.1. The van der Waals surface area contributed by atoms with Gasteiger partial charge in [0.25, 0.3) is 5.89 Å². The molecule has 24 heavy (non-hydrogen) atoms. The highest BCUT2D eigenvalue weighted by Crippen LogP contribution is 2.29. The number of aromatic nitrogens is 1. The molecule has 1 N–H and O–H groups in total. The van der Waals surface area contributed by atoms with Gasteiger partial charge in [-0.3, -0.25) is 0 Å². The van der Waals surface area contributed by atoms with Crippen LogP contribution in [0.25, 0.3) is 11.7 Å². The summed E-state index contributed by atoms with van der Waals surface area (Å²) in [7, 11) is 1.45. The Morgan fingerprint density at radius 1 is 1.29 bits per heavy atom. The summed E-state index contributed by atoms with van der Waals surface area (Å²) in [5.74, 6) is 1.25. The molecule has 2 heterocycles. The fourth-order valence-electron chi connectivity index (χ4n) is 2.13. The van der Waals surface area contributed by atoms with Gasteiger partial charge in [0, 0.05) is 0 Å². The largest absolute Gasteiger partial charge is 0.493 e. The predicted octanol–water partition coefficient (Wildman–Crippen LogP) is 3.53. The second-order valence-corrected chi connectivity index (χ2v) is 4.96. The lowest BCUT2D eigenvalue weighted by molar-refractivity contribution is 0.0696. The maximum Gasteiger partial charge on any atom is 0.335 e. The van der Waals surface area contributed by atoms with Gasteiger partial charge in [-0.15, -0.1) is 0 Å². The molecule has 0 fully saturated rings. The van der Waals surface area contributed by atoms with Gasteiger partial charge in [0.15, 0.2) is 17.3 Å². The summed E-state index contributed by atoms with van der Waals surface area (Å²) in [6.07, 6.45) is 1.54. The minimum atomic E-state index is -1.03. The molecule has 2 aromatic heterocycles. The third kappa shape index (κ3) is 3.10. The van der Waals surface area contributed by atoms with Crippen LogP contribution in [-0.4, -0.2) is 23.2 Å². The van der Waals surface area contributed by atoms with Crippen LogP contribution in [0.5, 0.6) is 11.5 Å². The van der Waals surface area contributed by atoms with E-state index in [1.54, 1.807) is 31.4 Å². The van der Waals surface area contributed by atoms with Crippen molar-refractivity contribution in [2.24, 2.45) is 0 Å². The van der Waals surface area contributed by atoms with Gasteiger partial charge in [0.2, 0.25) is 0 Å². The molecular weight excluding hydrogens is 314 g/mol. The SMILES string of the molecule is COc1cc(C(=O)O)ccc1OCc1nc(-c2ccco2)oc1C. The second kappa shape index (κ2) is 6.49. The summed E-state index contributed by atoms with van der Waals surface area (Å²) in [6.45, 7) is 1.93. The summed E-state index contributed by atoms with van der Waals surface area (Å²) in [4.78, 5) is 15.3. The fourth-order valence-corrected chi connectivity index (χ4v) is 2.13. The van der Waals surface area contributed by atoms with E-state index in [1.165, 1.54) is 19.2 Å². The number of hydrogen-bond acceptors (Lipinski definition) is 6. The Labute approximate surface area is 137 Å². The highest BCUT2D eigenvalue weighted by atomic mass is 16.5. The van der Waals surface area contributed by atoms with Crippen molar-refractivity contribution in [2.45, 2.75) is 13.5 Å². The molecule has 0 radical (unpaired) electrons. The van der Waals surface area contributed by atoms with Crippen molar-refractivity contribution >= 4 is 5.97 Å². The molecule has 7 heteroatoms. The number of aromatic carboxylic acids is 1. The van der Waals surface area contributed by atoms with Crippen molar-refractivity contribution in [3.05, 3.63) is 53.6 Å². The summed E-state index contributed by atoms with van der Waals surface area (Å²) < 4.78 is 21.7. The molecule has 3 aromatic rings. The molecular formula is C17H15NO6. The van der Waals surface area contributed by atoms with Gasteiger partial charge < -0.3 is 23.4 Å². The van der Waals surface area contributed by atoms with Crippen molar-refractivity contribution in [3.8, 4) is 23.1 Å². The predicted molar refractivity (Wildman–Crippen MR) is 83.2 cm³/mol. The Bertz CT molecular complexity index is 850. The summed E-state index contributed by atoms with van der Waals surface area (Å²) >= 11 is 0. The second-order valence-electron chi connectivity index (χ2n) is 4.96. The number of methoxy groups -OCH3 is 1. The molecule has 1 aromatic carbocycles. The van der Waals surface area contributed by atoms with E-state index in [2.05, 4.69) is 4.98 Å². The van der Waals surface area contributed by atoms with Gasteiger partial charge >= 0.3 is 5.97 Å². The van der Waals surface area contributed by atoms with Crippen LogP contribution in [0.1, 0.15) is 21.8 Å². The van der Waals surface area contributed by atoms with E-state index in [1.807, 2.05) is 0 Å². The van der Waals surface area contributed by atoms with Gasteiger partial charge in [0.05, 0.1) is 18.9 Å². The lowest BCUT2D eigenvalue weighted by Gasteiger charge is -2.10. The molecule has 0 atom stereocenters. The van der Waals surface area contributed by atoms with E-state index in [9.17, 15) is 4.79 Å².